The molecule has 1 aromatic carbocycles. The highest BCUT2D eigenvalue weighted by molar-refractivity contribution is 5.56. The Labute approximate surface area is 127 Å². The second-order valence-corrected chi connectivity index (χ2v) is 5.28. The van der Waals surface area contributed by atoms with Gasteiger partial charge in [-0.25, -0.2) is 9.67 Å². The number of nitrogens with one attached hydrogen (secondary N) is 2. The fraction of sp³-hybridized carbons (Fsp3) is 0.188. The molecule has 3 rings (SSSR count). The summed E-state index contributed by atoms with van der Waals surface area (Å²) in [6, 6.07) is 11.4. The maximum Gasteiger partial charge on any atom is 0.252 e. The molecule has 0 bridgehead atoms. The maximum absolute atomic E-state index is 11.6. The van der Waals surface area contributed by atoms with Gasteiger partial charge in [0.15, 0.2) is 5.82 Å². The van der Waals surface area contributed by atoms with Crippen molar-refractivity contribution in [1.29, 1.82) is 0 Å². The SMILES string of the molecule is Cc1ccc(Nc2cc(C)n(-c3nc(C)cc(=O)[nH]3)n2)cc1. The standard InChI is InChI=1S/C16H17N5O/c1-10-4-6-13(7-5-10)18-14-9-12(3)21(20-14)16-17-11(2)8-15(22)19-16/h4-9H,1-3H3,(H,18,20)(H,17,19,22). The van der Waals surface area contributed by atoms with Gasteiger partial charge < -0.3 is 5.32 Å². The first-order valence-electron chi connectivity index (χ1n) is 7.00. The number of aromatic amines is 1. The van der Waals surface area contributed by atoms with Crippen molar-refractivity contribution in [3.8, 4) is 5.95 Å². The van der Waals surface area contributed by atoms with Crippen LogP contribution < -0.4 is 10.9 Å². The lowest BCUT2D eigenvalue weighted by molar-refractivity contribution is 0.773. The Hall–Kier alpha value is -2.89. The maximum atomic E-state index is 11.6. The van der Waals surface area contributed by atoms with Crippen LogP contribution >= 0.6 is 0 Å². The van der Waals surface area contributed by atoms with Crippen molar-refractivity contribution < 1.29 is 0 Å². The van der Waals surface area contributed by atoms with Crippen molar-refractivity contribution >= 4 is 11.5 Å². The normalized spacial score (nSPS) is 10.7. The van der Waals surface area contributed by atoms with Crippen LogP contribution in [-0.2, 0) is 0 Å². The summed E-state index contributed by atoms with van der Waals surface area (Å²) in [4.78, 5) is 18.6. The van der Waals surface area contributed by atoms with Crippen LogP contribution in [0, 0.1) is 20.8 Å². The van der Waals surface area contributed by atoms with E-state index in [2.05, 4.69) is 20.4 Å². The first kappa shape index (κ1) is 14.1. The lowest BCUT2D eigenvalue weighted by Crippen LogP contribution is -2.14. The molecule has 6 heteroatoms. The number of aryl methyl sites for hydroxylation is 3. The van der Waals surface area contributed by atoms with E-state index >= 15 is 0 Å². The fourth-order valence-electron chi connectivity index (χ4n) is 2.20. The molecule has 2 N–H and O–H groups in total. The Balaban J connectivity index is 1.93. The van der Waals surface area contributed by atoms with Gasteiger partial charge in [0.1, 0.15) is 0 Å². The topological polar surface area (TPSA) is 75.6 Å². The molecule has 0 atom stereocenters. The largest absolute Gasteiger partial charge is 0.339 e. The minimum absolute atomic E-state index is 0.189. The predicted octanol–water partition coefficient (Wildman–Crippen LogP) is 2.62. The molecule has 0 saturated heterocycles. The molecule has 0 aliphatic heterocycles. The van der Waals surface area contributed by atoms with Crippen molar-refractivity contribution in [2.45, 2.75) is 20.8 Å². The summed E-state index contributed by atoms with van der Waals surface area (Å²) < 4.78 is 1.62. The molecule has 0 unspecified atom stereocenters. The van der Waals surface area contributed by atoms with Crippen molar-refractivity contribution in [3.05, 3.63) is 63.7 Å². The summed E-state index contributed by atoms with van der Waals surface area (Å²) in [5.41, 5.74) is 3.50. The number of anilines is 2. The molecular weight excluding hydrogens is 278 g/mol. The lowest BCUT2D eigenvalue weighted by atomic mass is 10.2. The summed E-state index contributed by atoms with van der Waals surface area (Å²) in [6.07, 6.45) is 0. The van der Waals surface area contributed by atoms with Crippen molar-refractivity contribution in [2.75, 3.05) is 5.32 Å². The van der Waals surface area contributed by atoms with Crippen LogP contribution in [-0.4, -0.2) is 19.7 Å². The van der Waals surface area contributed by atoms with Crippen LogP contribution in [0.15, 0.2) is 41.2 Å². The van der Waals surface area contributed by atoms with E-state index in [1.807, 2.05) is 44.2 Å². The lowest BCUT2D eigenvalue weighted by Gasteiger charge is -2.04. The number of rotatable bonds is 3. The van der Waals surface area contributed by atoms with Crippen LogP contribution in [0.5, 0.6) is 0 Å². The van der Waals surface area contributed by atoms with Crippen LogP contribution in [0.2, 0.25) is 0 Å². The van der Waals surface area contributed by atoms with Crippen LogP contribution in [0.4, 0.5) is 11.5 Å². The van der Waals surface area contributed by atoms with Crippen LogP contribution in [0.1, 0.15) is 17.0 Å². The Morgan fingerprint density at radius 1 is 1.09 bits per heavy atom. The molecule has 0 spiro atoms. The van der Waals surface area contributed by atoms with Crippen molar-refractivity contribution in [1.82, 2.24) is 19.7 Å². The average molecular weight is 295 g/mol. The minimum atomic E-state index is -0.189. The molecule has 0 amide bonds. The molecule has 3 aromatic rings. The first-order valence-corrected chi connectivity index (χ1v) is 7.00. The molecule has 22 heavy (non-hydrogen) atoms. The van der Waals surface area contributed by atoms with Gasteiger partial charge in [-0.1, -0.05) is 17.7 Å². The van der Waals surface area contributed by atoms with E-state index in [0.29, 0.717) is 17.5 Å². The van der Waals surface area contributed by atoms with Crippen LogP contribution in [0.3, 0.4) is 0 Å². The molecule has 0 fully saturated rings. The van der Waals surface area contributed by atoms with Gasteiger partial charge in [0.2, 0.25) is 5.95 Å². The number of H-pyrrole nitrogens is 1. The summed E-state index contributed by atoms with van der Waals surface area (Å²) in [6.45, 7) is 5.74. The Morgan fingerprint density at radius 2 is 1.82 bits per heavy atom. The van der Waals surface area contributed by atoms with Gasteiger partial charge in [-0.2, -0.15) is 0 Å². The zero-order chi connectivity index (χ0) is 15.7. The highest BCUT2D eigenvalue weighted by Gasteiger charge is 2.09. The summed E-state index contributed by atoms with van der Waals surface area (Å²) in [5.74, 6) is 1.12. The van der Waals surface area contributed by atoms with Gasteiger partial charge >= 0.3 is 0 Å². The van der Waals surface area contributed by atoms with E-state index in [1.54, 1.807) is 11.6 Å². The van der Waals surface area contributed by atoms with Gasteiger partial charge in [0.25, 0.3) is 5.56 Å². The highest BCUT2D eigenvalue weighted by Crippen LogP contribution is 2.18. The molecule has 0 aliphatic rings. The number of hydrogen-bond donors (Lipinski definition) is 2. The van der Waals surface area contributed by atoms with Crippen LogP contribution in [0.25, 0.3) is 5.95 Å². The van der Waals surface area contributed by atoms with E-state index in [0.717, 1.165) is 11.4 Å². The number of nitrogens with zero attached hydrogens (tertiary/aromatic N) is 3. The predicted molar refractivity (Wildman–Crippen MR) is 85.9 cm³/mol. The zero-order valence-corrected chi connectivity index (χ0v) is 12.7. The third kappa shape index (κ3) is 2.90. The van der Waals surface area contributed by atoms with Gasteiger partial charge in [-0.15, -0.1) is 5.10 Å². The molecule has 0 saturated carbocycles. The van der Waals surface area contributed by atoms with Gasteiger partial charge in [-0.05, 0) is 32.9 Å². The summed E-state index contributed by atoms with van der Waals surface area (Å²) >= 11 is 0. The van der Waals surface area contributed by atoms with E-state index in [9.17, 15) is 4.79 Å². The Bertz CT molecular complexity index is 861. The zero-order valence-electron chi connectivity index (χ0n) is 12.7. The van der Waals surface area contributed by atoms with Crippen molar-refractivity contribution in [2.24, 2.45) is 0 Å². The first-order chi connectivity index (χ1) is 10.5. The second kappa shape index (κ2) is 5.48. The summed E-state index contributed by atoms with van der Waals surface area (Å²) in [7, 11) is 0. The molecule has 112 valence electrons. The van der Waals surface area contributed by atoms with E-state index in [-0.39, 0.29) is 5.56 Å². The van der Waals surface area contributed by atoms with E-state index in [1.165, 1.54) is 11.6 Å². The van der Waals surface area contributed by atoms with E-state index in [4.69, 9.17) is 0 Å². The third-order valence-electron chi connectivity index (χ3n) is 3.27. The number of aromatic nitrogens is 4. The molecule has 2 heterocycles. The Kier molecular flexibility index (Phi) is 3.50. The molecule has 0 aliphatic carbocycles. The number of hydrogen-bond acceptors (Lipinski definition) is 4. The quantitative estimate of drug-likeness (QED) is 0.779. The monoisotopic (exact) mass is 295 g/mol. The van der Waals surface area contributed by atoms with Gasteiger partial charge in [-0.3, -0.25) is 9.78 Å². The minimum Gasteiger partial charge on any atom is -0.339 e. The van der Waals surface area contributed by atoms with Crippen molar-refractivity contribution in [3.63, 3.8) is 0 Å². The molecule has 2 aromatic heterocycles. The van der Waals surface area contributed by atoms with E-state index < -0.39 is 0 Å². The third-order valence-corrected chi connectivity index (χ3v) is 3.27. The molecular formula is C16H17N5O. The fourth-order valence-corrected chi connectivity index (χ4v) is 2.20. The Morgan fingerprint density at radius 3 is 2.50 bits per heavy atom. The highest BCUT2D eigenvalue weighted by atomic mass is 16.1. The smallest absolute Gasteiger partial charge is 0.252 e. The van der Waals surface area contributed by atoms with Gasteiger partial charge in [0, 0.05) is 29.2 Å². The molecule has 6 nitrogen and oxygen atoms in total. The molecule has 0 radical (unpaired) electrons. The second-order valence-electron chi connectivity index (χ2n) is 5.28. The average Bonchev–Trinajstić information content (AvgIpc) is 2.81. The summed E-state index contributed by atoms with van der Waals surface area (Å²) in [5, 5.41) is 7.69. The number of benzene rings is 1. The van der Waals surface area contributed by atoms with Gasteiger partial charge in [0.05, 0.1) is 0 Å².